The molecule has 2 unspecified atom stereocenters. The van der Waals surface area contributed by atoms with Gasteiger partial charge < -0.3 is 19.7 Å². The van der Waals surface area contributed by atoms with Crippen LogP contribution in [-0.4, -0.2) is 57.1 Å². The molecule has 1 heterocycles. The summed E-state index contributed by atoms with van der Waals surface area (Å²) in [5.74, 6) is 1.18. The molecule has 232 valence electrons. The van der Waals surface area contributed by atoms with Crippen LogP contribution in [0.25, 0.3) is 44.9 Å². The summed E-state index contributed by atoms with van der Waals surface area (Å²) in [4.78, 5) is 27.2. The fraction of sp³-hybridized carbons (Fsp3) is 0.297. The maximum atomic E-state index is 12.9. The third kappa shape index (κ3) is 8.09. The van der Waals surface area contributed by atoms with E-state index < -0.39 is 12.1 Å². The molecule has 8 heteroatoms. The van der Waals surface area contributed by atoms with E-state index in [1.54, 1.807) is 30.3 Å². The van der Waals surface area contributed by atoms with Crippen molar-refractivity contribution in [1.82, 2.24) is 15.0 Å². The number of hydrogen-bond acceptors (Lipinski definition) is 8. The van der Waals surface area contributed by atoms with Crippen LogP contribution in [0.15, 0.2) is 91.0 Å². The van der Waals surface area contributed by atoms with Gasteiger partial charge in [0, 0.05) is 17.7 Å². The van der Waals surface area contributed by atoms with Crippen molar-refractivity contribution >= 4 is 16.7 Å². The van der Waals surface area contributed by atoms with Crippen LogP contribution in [0, 0.1) is 5.92 Å². The molecule has 2 atom stereocenters. The number of carbonyl (C=O) groups excluding carboxylic acids is 1. The number of nitrogens with zero attached hydrogens (tertiary/aromatic N) is 3. The summed E-state index contributed by atoms with van der Waals surface area (Å²) in [5.41, 5.74) is 2.39. The smallest absolute Gasteiger partial charge is 0.338 e. The van der Waals surface area contributed by atoms with Crippen molar-refractivity contribution in [2.75, 3.05) is 19.8 Å². The topological polar surface area (TPSA) is 115 Å². The van der Waals surface area contributed by atoms with Crippen molar-refractivity contribution in [3.63, 3.8) is 0 Å². The molecule has 45 heavy (non-hydrogen) atoms. The Morgan fingerprint density at radius 1 is 0.778 bits per heavy atom. The average Bonchev–Trinajstić information content (AvgIpc) is 3.09. The van der Waals surface area contributed by atoms with E-state index in [1.807, 2.05) is 60.7 Å². The van der Waals surface area contributed by atoms with Crippen LogP contribution in [0.4, 0.5) is 0 Å². The zero-order chi connectivity index (χ0) is 31.6. The number of aliphatic hydroxyl groups excluding tert-OH is 1. The highest BCUT2D eigenvalue weighted by molar-refractivity contribution is 6.02. The van der Waals surface area contributed by atoms with Gasteiger partial charge in [-0.3, -0.25) is 0 Å². The second-order valence-corrected chi connectivity index (χ2v) is 11.1. The molecular weight excluding hydrogens is 566 g/mol. The first-order chi connectivity index (χ1) is 22.0. The van der Waals surface area contributed by atoms with Gasteiger partial charge in [-0.25, -0.2) is 19.7 Å². The van der Waals surface area contributed by atoms with Crippen LogP contribution >= 0.6 is 0 Å². The van der Waals surface area contributed by atoms with Gasteiger partial charge in [-0.2, -0.15) is 0 Å². The monoisotopic (exact) mass is 605 g/mol. The second-order valence-electron chi connectivity index (χ2n) is 11.1. The highest BCUT2D eigenvalue weighted by atomic mass is 16.5. The Bertz CT molecular complexity index is 1650. The van der Waals surface area contributed by atoms with Gasteiger partial charge in [-0.05, 0) is 41.3 Å². The first-order valence-electron chi connectivity index (χ1n) is 15.5. The summed E-state index contributed by atoms with van der Waals surface area (Å²) in [6.07, 6.45) is 3.53. The minimum absolute atomic E-state index is 0.00479. The van der Waals surface area contributed by atoms with Crippen molar-refractivity contribution in [2.24, 2.45) is 5.92 Å². The van der Waals surface area contributed by atoms with Gasteiger partial charge >= 0.3 is 5.97 Å². The van der Waals surface area contributed by atoms with E-state index in [9.17, 15) is 15.0 Å². The zero-order valence-electron chi connectivity index (χ0n) is 25.7. The molecule has 8 nitrogen and oxygen atoms in total. The first-order valence-corrected chi connectivity index (χ1v) is 15.5. The third-order valence-electron chi connectivity index (χ3n) is 7.77. The lowest BCUT2D eigenvalue weighted by molar-refractivity contribution is -0.0188. The quantitative estimate of drug-likeness (QED) is 0.125. The highest BCUT2D eigenvalue weighted by Crippen LogP contribution is 2.36. The maximum Gasteiger partial charge on any atom is 0.338 e. The molecule has 4 aromatic carbocycles. The number of carbonyl (C=O) groups is 1. The number of aliphatic hydroxyl groups is 1. The van der Waals surface area contributed by atoms with Crippen LogP contribution in [-0.2, 0) is 9.47 Å². The number of unbranched alkanes of at least 4 members (excludes halogenated alkanes) is 1. The number of rotatable bonds is 14. The predicted octanol–water partition coefficient (Wildman–Crippen LogP) is 7.48. The van der Waals surface area contributed by atoms with Gasteiger partial charge in [0.25, 0.3) is 0 Å². The molecule has 1 aromatic heterocycles. The Morgan fingerprint density at radius 3 is 2.04 bits per heavy atom. The summed E-state index contributed by atoms with van der Waals surface area (Å²) in [5, 5.41) is 22.7. The number of aromatic nitrogens is 3. The number of ether oxygens (including phenoxy) is 2. The largest absolute Gasteiger partial charge is 0.507 e. The van der Waals surface area contributed by atoms with Crippen LogP contribution in [0.1, 0.15) is 49.9 Å². The molecule has 0 aliphatic carbocycles. The van der Waals surface area contributed by atoms with E-state index >= 15 is 0 Å². The SMILES string of the molecule is CCCCC(CC)COCC(O)COC(=O)c1ccc2c(-c3nc(-c4ccccc4)nc(-c4ccccc4)n3)c(O)ccc2c1. The Kier molecular flexibility index (Phi) is 10.8. The number of hydrogen-bond donors (Lipinski definition) is 2. The molecule has 0 radical (unpaired) electrons. The molecular formula is C37H39N3O5. The van der Waals surface area contributed by atoms with Crippen LogP contribution in [0.5, 0.6) is 5.75 Å². The van der Waals surface area contributed by atoms with Crippen molar-refractivity contribution in [2.45, 2.75) is 45.6 Å². The maximum absolute atomic E-state index is 12.9. The van der Waals surface area contributed by atoms with Gasteiger partial charge in [-0.15, -0.1) is 0 Å². The Morgan fingerprint density at radius 2 is 1.42 bits per heavy atom. The van der Waals surface area contributed by atoms with Gasteiger partial charge in [0.1, 0.15) is 18.5 Å². The fourth-order valence-electron chi connectivity index (χ4n) is 5.17. The molecule has 2 N–H and O–H groups in total. The van der Waals surface area contributed by atoms with Gasteiger partial charge in [0.2, 0.25) is 0 Å². The minimum atomic E-state index is -0.914. The number of phenols is 1. The van der Waals surface area contributed by atoms with Crippen LogP contribution < -0.4 is 0 Å². The summed E-state index contributed by atoms with van der Waals surface area (Å²) < 4.78 is 11.1. The highest BCUT2D eigenvalue weighted by Gasteiger charge is 2.19. The second kappa shape index (κ2) is 15.4. The van der Waals surface area contributed by atoms with Crippen LogP contribution in [0.3, 0.4) is 0 Å². The molecule has 0 saturated carbocycles. The summed E-state index contributed by atoms with van der Waals surface area (Å²) in [7, 11) is 0. The molecule has 0 aliphatic rings. The van der Waals surface area contributed by atoms with Crippen molar-refractivity contribution < 1.29 is 24.5 Å². The first kappa shape index (κ1) is 31.8. The standard InChI is InChI=1S/C37H39N3O5/c1-3-5-12-25(4-2)22-44-23-30(41)24-45-37(43)29-17-19-31-28(21-29)18-20-32(42)33(31)36-39-34(26-13-8-6-9-14-26)38-35(40-36)27-15-10-7-11-16-27/h6-11,13-21,25,30,41-42H,3-5,12,22-24H2,1-2H3. The molecule has 0 spiro atoms. The molecule has 5 rings (SSSR count). The number of esters is 1. The Labute approximate surface area is 263 Å². The predicted molar refractivity (Wildman–Crippen MR) is 176 cm³/mol. The van der Waals surface area contributed by atoms with Crippen molar-refractivity contribution in [1.29, 1.82) is 0 Å². The van der Waals surface area contributed by atoms with Crippen LogP contribution in [0.2, 0.25) is 0 Å². The number of phenolic OH excluding ortho intramolecular Hbond substituents is 1. The number of fused-ring (bicyclic) bond motifs is 1. The Balaban J connectivity index is 1.36. The molecule has 0 saturated heterocycles. The normalized spacial score (nSPS) is 12.6. The zero-order valence-corrected chi connectivity index (χ0v) is 25.7. The number of aromatic hydroxyl groups is 1. The lowest BCUT2D eigenvalue weighted by Gasteiger charge is -2.17. The third-order valence-corrected chi connectivity index (χ3v) is 7.77. The lowest BCUT2D eigenvalue weighted by Crippen LogP contribution is -2.25. The summed E-state index contributed by atoms with van der Waals surface area (Å²) >= 11 is 0. The lowest BCUT2D eigenvalue weighted by atomic mass is 10.0. The van der Waals surface area contributed by atoms with E-state index in [-0.39, 0.29) is 19.0 Å². The molecule has 0 fully saturated rings. The summed E-state index contributed by atoms with van der Waals surface area (Å²) in [6.45, 7) is 4.84. The minimum Gasteiger partial charge on any atom is -0.507 e. The van der Waals surface area contributed by atoms with E-state index in [4.69, 9.17) is 24.4 Å². The van der Waals surface area contributed by atoms with E-state index in [1.165, 1.54) is 0 Å². The Hall–Kier alpha value is -4.66. The van der Waals surface area contributed by atoms with Crippen molar-refractivity contribution in [3.8, 4) is 39.9 Å². The molecule has 0 amide bonds. The van der Waals surface area contributed by atoms with Gasteiger partial charge in [0.15, 0.2) is 17.5 Å². The molecule has 0 aliphatic heterocycles. The van der Waals surface area contributed by atoms with Gasteiger partial charge in [-0.1, -0.05) is 106 Å². The number of benzene rings is 4. The van der Waals surface area contributed by atoms with Crippen molar-refractivity contribution in [3.05, 3.63) is 96.6 Å². The molecule has 5 aromatic rings. The van der Waals surface area contributed by atoms with E-state index in [0.717, 1.165) is 36.8 Å². The van der Waals surface area contributed by atoms with E-state index in [0.29, 0.717) is 51.9 Å². The van der Waals surface area contributed by atoms with Gasteiger partial charge in [0.05, 0.1) is 17.7 Å². The summed E-state index contributed by atoms with van der Waals surface area (Å²) in [6, 6.07) is 27.6. The van der Waals surface area contributed by atoms with E-state index in [2.05, 4.69) is 13.8 Å². The fourth-order valence-corrected chi connectivity index (χ4v) is 5.17. The average molecular weight is 606 g/mol. The molecule has 0 bridgehead atoms.